The van der Waals surface area contributed by atoms with Crippen molar-refractivity contribution in [2.24, 2.45) is 0 Å². The van der Waals surface area contributed by atoms with Crippen LogP contribution in [0.2, 0.25) is 0 Å². The van der Waals surface area contributed by atoms with Gasteiger partial charge in [-0.15, -0.1) is 0 Å². The molecule has 0 unspecified atom stereocenters. The van der Waals surface area contributed by atoms with Gasteiger partial charge in [0.2, 0.25) is 5.88 Å². The van der Waals surface area contributed by atoms with Crippen molar-refractivity contribution < 1.29 is 4.74 Å². The Morgan fingerprint density at radius 2 is 1.94 bits per heavy atom. The summed E-state index contributed by atoms with van der Waals surface area (Å²) < 4.78 is 5.60. The molecule has 0 aliphatic carbocycles. The fraction of sp³-hybridized carbons (Fsp3) is 0.143. The summed E-state index contributed by atoms with van der Waals surface area (Å²) in [5.74, 6) is 1.43. The summed E-state index contributed by atoms with van der Waals surface area (Å²) in [4.78, 5) is 11.9. The molecule has 0 aliphatic heterocycles. The fourth-order valence-corrected chi connectivity index (χ4v) is 1.81. The van der Waals surface area contributed by atoms with E-state index in [0.717, 1.165) is 22.6 Å². The van der Waals surface area contributed by atoms with Gasteiger partial charge >= 0.3 is 0 Å². The summed E-state index contributed by atoms with van der Waals surface area (Å²) >= 11 is 0. The number of aryl methyl sites for hydroxylation is 1. The number of hydrogen-bond acceptors (Lipinski definition) is 3. The molecule has 0 spiro atoms. The van der Waals surface area contributed by atoms with Gasteiger partial charge in [-0.25, -0.2) is 9.97 Å². The maximum absolute atomic E-state index is 5.60. The summed E-state index contributed by atoms with van der Waals surface area (Å²) in [6.07, 6.45) is 0. The van der Waals surface area contributed by atoms with Crippen LogP contribution in [0.1, 0.15) is 11.5 Å². The molecule has 0 amide bonds. The highest BCUT2D eigenvalue weighted by atomic mass is 16.5. The summed E-state index contributed by atoms with van der Waals surface area (Å²) in [7, 11) is 0. The summed E-state index contributed by atoms with van der Waals surface area (Å²) in [6.45, 7) is 2.33. The number of H-pyrrole nitrogens is 1. The molecule has 2 aromatic heterocycles. The molecule has 3 rings (SSSR count). The van der Waals surface area contributed by atoms with Crippen LogP contribution < -0.4 is 4.74 Å². The van der Waals surface area contributed by atoms with Crippen LogP contribution in [0.15, 0.2) is 42.5 Å². The Morgan fingerprint density at radius 1 is 1.06 bits per heavy atom. The quantitative estimate of drug-likeness (QED) is 0.764. The lowest BCUT2D eigenvalue weighted by molar-refractivity contribution is 0.285. The maximum Gasteiger partial charge on any atom is 0.213 e. The van der Waals surface area contributed by atoms with E-state index in [1.807, 2.05) is 49.4 Å². The number of rotatable bonds is 3. The molecule has 0 atom stereocenters. The molecule has 0 aliphatic rings. The molecule has 3 aromatic rings. The van der Waals surface area contributed by atoms with Gasteiger partial charge < -0.3 is 9.72 Å². The third-order valence-corrected chi connectivity index (χ3v) is 2.66. The van der Waals surface area contributed by atoms with Crippen molar-refractivity contribution in [2.75, 3.05) is 0 Å². The predicted octanol–water partition coefficient (Wildman–Crippen LogP) is 2.85. The van der Waals surface area contributed by atoms with Gasteiger partial charge in [0.25, 0.3) is 0 Å². The van der Waals surface area contributed by atoms with E-state index >= 15 is 0 Å². The molecule has 4 nitrogen and oxygen atoms in total. The lowest BCUT2D eigenvalue weighted by Crippen LogP contribution is -1.99. The number of hydrogen-bond donors (Lipinski definition) is 1. The van der Waals surface area contributed by atoms with Crippen LogP contribution in [0.5, 0.6) is 5.88 Å². The van der Waals surface area contributed by atoms with Crippen LogP contribution in [0, 0.1) is 6.92 Å². The zero-order valence-electron chi connectivity index (χ0n) is 10.1. The van der Waals surface area contributed by atoms with E-state index in [-0.39, 0.29) is 0 Å². The van der Waals surface area contributed by atoms with Crippen molar-refractivity contribution in [1.29, 1.82) is 0 Å². The Morgan fingerprint density at radius 3 is 2.78 bits per heavy atom. The minimum absolute atomic E-state index is 0.394. The van der Waals surface area contributed by atoms with Crippen molar-refractivity contribution in [3.8, 4) is 5.88 Å². The van der Waals surface area contributed by atoms with Crippen molar-refractivity contribution >= 4 is 11.0 Å². The number of imidazole rings is 1. The monoisotopic (exact) mass is 239 g/mol. The molecular formula is C14H13N3O. The van der Waals surface area contributed by atoms with Gasteiger partial charge in [-0.2, -0.15) is 0 Å². The van der Waals surface area contributed by atoms with Crippen molar-refractivity contribution in [1.82, 2.24) is 15.0 Å². The zero-order valence-corrected chi connectivity index (χ0v) is 10.1. The van der Waals surface area contributed by atoms with E-state index in [4.69, 9.17) is 4.74 Å². The molecule has 2 heterocycles. The first-order chi connectivity index (χ1) is 8.81. The van der Waals surface area contributed by atoms with Crippen molar-refractivity contribution in [3.63, 3.8) is 0 Å². The Labute approximate surface area is 105 Å². The number of nitrogens with one attached hydrogen (secondary N) is 1. The normalized spacial score (nSPS) is 10.7. The van der Waals surface area contributed by atoms with Crippen LogP contribution in [-0.4, -0.2) is 15.0 Å². The van der Waals surface area contributed by atoms with Crippen LogP contribution in [0.25, 0.3) is 11.0 Å². The maximum atomic E-state index is 5.60. The van der Waals surface area contributed by atoms with E-state index < -0.39 is 0 Å². The third kappa shape index (κ3) is 2.18. The molecule has 4 heteroatoms. The average Bonchev–Trinajstić information content (AvgIpc) is 2.79. The molecular weight excluding hydrogens is 226 g/mol. The second kappa shape index (κ2) is 4.49. The number of nitrogens with zero attached hydrogens (tertiary/aromatic N) is 2. The van der Waals surface area contributed by atoms with Gasteiger partial charge in [0.15, 0.2) is 0 Å². The molecule has 0 radical (unpaired) electrons. The zero-order chi connectivity index (χ0) is 12.4. The molecule has 1 N–H and O–H groups in total. The second-order valence-corrected chi connectivity index (χ2v) is 4.11. The lowest BCUT2D eigenvalue weighted by Gasteiger charge is -2.03. The number of aromatic nitrogens is 3. The number of benzene rings is 1. The predicted molar refractivity (Wildman–Crippen MR) is 69.4 cm³/mol. The third-order valence-electron chi connectivity index (χ3n) is 2.66. The molecule has 0 bridgehead atoms. The number of fused-ring (bicyclic) bond motifs is 1. The number of pyridine rings is 1. The van der Waals surface area contributed by atoms with Crippen LogP contribution in [0.4, 0.5) is 0 Å². The Hall–Kier alpha value is -2.36. The van der Waals surface area contributed by atoms with Crippen LogP contribution in [-0.2, 0) is 6.61 Å². The topological polar surface area (TPSA) is 50.8 Å². The van der Waals surface area contributed by atoms with Crippen molar-refractivity contribution in [2.45, 2.75) is 13.5 Å². The van der Waals surface area contributed by atoms with Gasteiger partial charge in [0.1, 0.15) is 12.4 Å². The molecule has 18 heavy (non-hydrogen) atoms. The van der Waals surface area contributed by atoms with E-state index in [1.165, 1.54) is 0 Å². The van der Waals surface area contributed by atoms with E-state index in [2.05, 4.69) is 15.0 Å². The average molecular weight is 239 g/mol. The Bertz CT molecular complexity index is 642. The SMILES string of the molecule is Cc1cccc(OCc2nc3ccccc3[nH]2)n1. The van der Waals surface area contributed by atoms with Gasteiger partial charge in [-0.05, 0) is 25.1 Å². The number of para-hydroxylation sites is 2. The van der Waals surface area contributed by atoms with E-state index in [1.54, 1.807) is 0 Å². The highest BCUT2D eigenvalue weighted by Gasteiger charge is 2.03. The first-order valence-electron chi connectivity index (χ1n) is 5.81. The summed E-state index contributed by atoms with van der Waals surface area (Å²) in [6, 6.07) is 13.6. The highest BCUT2D eigenvalue weighted by molar-refractivity contribution is 5.74. The van der Waals surface area contributed by atoms with Gasteiger partial charge in [-0.3, -0.25) is 0 Å². The molecule has 1 aromatic carbocycles. The molecule has 90 valence electrons. The first kappa shape index (κ1) is 10.8. The fourth-order valence-electron chi connectivity index (χ4n) is 1.81. The highest BCUT2D eigenvalue weighted by Crippen LogP contribution is 2.13. The largest absolute Gasteiger partial charge is 0.469 e. The van der Waals surface area contributed by atoms with Crippen LogP contribution >= 0.6 is 0 Å². The molecule has 0 fully saturated rings. The van der Waals surface area contributed by atoms with Crippen molar-refractivity contribution in [3.05, 3.63) is 54.0 Å². The number of ether oxygens (including phenoxy) is 1. The summed E-state index contributed by atoms with van der Waals surface area (Å²) in [5, 5.41) is 0. The van der Waals surface area contributed by atoms with Crippen LogP contribution in [0.3, 0.4) is 0 Å². The van der Waals surface area contributed by atoms with Gasteiger partial charge in [-0.1, -0.05) is 18.2 Å². The molecule has 0 saturated heterocycles. The lowest BCUT2D eigenvalue weighted by atomic mass is 10.3. The number of aromatic amines is 1. The molecule has 0 saturated carbocycles. The van der Waals surface area contributed by atoms with E-state index in [0.29, 0.717) is 12.5 Å². The second-order valence-electron chi connectivity index (χ2n) is 4.11. The summed E-state index contributed by atoms with van der Waals surface area (Å²) in [5.41, 5.74) is 2.92. The minimum atomic E-state index is 0.394. The van der Waals surface area contributed by atoms with Gasteiger partial charge in [0, 0.05) is 11.8 Å². The standard InChI is InChI=1S/C14H13N3O/c1-10-5-4-8-14(15-10)18-9-13-16-11-6-2-3-7-12(11)17-13/h2-8H,9H2,1H3,(H,16,17). The smallest absolute Gasteiger partial charge is 0.213 e. The van der Waals surface area contributed by atoms with Gasteiger partial charge in [0.05, 0.1) is 11.0 Å². The minimum Gasteiger partial charge on any atom is -0.469 e. The Kier molecular flexibility index (Phi) is 2.68. The first-order valence-corrected chi connectivity index (χ1v) is 5.81. The van der Waals surface area contributed by atoms with E-state index in [9.17, 15) is 0 Å². The Balaban J connectivity index is 1.76.